The van der Waals surface area contributed by atoms with Gasteiger partial charge in [0.05, 0.1) is 5.75 Å². The normalized spacial score (nSPS) is 18.7. The summed E-state index contributed by atoms with van der Waals surface area (Å²) < 4.78 is 0. The Bertz CT molecular complexity index is 520. The van der Waals surface area contributed by atoms with Crippen LogP contribution in [0.25, 0.3) is 5.32 Å². The summed E-state index contributed by atoms with van der Waals surface area (Å²) in [6.07, 6.45) is 22.5. The molecule has 0 aliphatic heterocycles. The molecule has 0 atom stereocenters. The van der Waals surface area contributed by atoms with Crippen molar-refractivity contribution in [2.75, 3.05) is 18.8 Å². The molecule has 1 fully saturated rings. The fourth-order valence-electron chi connectivity index (χ4n) is 3.50. The molecule has 0 spiro atoms. The van der Waals surface area contributed by atoms with Gasteiger partial charge < -0.3 is 10.4 Å². The summed E-state index contributed by atoms with van der Waals surface area (Å²) >= 11 is 1.46. The van der Waals surface area contributed by atoms with E-state index in [1.807, 2.05) is 13.8 Å². The van der Waals surface area contributed by atoms with E-state index in [0.29, 0.717) is 5.41 Å². The number of aliphatic carboxylic acids is 1. The van der Waals surface area contributed by atoms with Crippen LogP contribution in [0.2, 0.25) is 0 Å². The standard InChI is InChI=1S/C20H32NO2S.C2H6.C2H2.K/c1-20(2)11-8-17(9-12-20)18(24-15-19(22)23)10-13-21-14-16-6-4-3-5-7-16;2*1-2;/h8,10,16H,3-7,9,11-15H2,1-2H3,(H,22,23);1-2H3;1-2H;/q-1;;;+1/b18-10-;;;. The number of hydrogen-bond acceptors (Lipinski definition) is 2. The van der Waals surface area contributed by atoms with Gasteiger partial charge in [0.25, 0.3) is 0 Å². The van der Waals surface area contributed by atoms with E-state index >= 15 is 0 Å². The van der Waals surface area contributed by atoms with Gasteiger partial charge in [-0.05, 0) is 30.3 Å². The van der Waals surface area contributed by atoms with Crippen LogP contribution < -0.4 is 51.4 Å². The van der Waals surface area contributed by atoms with Crippen LogP contribution in [-0.4, -0.2) is 29.9 Å². The zero-order chi connectivity index (χ0) is 21.4. The number of allylic oxidation sites excluding steroid dienone is 2. The summed E-state index contributed by atoms with van der Waals surface area (Å²) in [5.41, 5.74) is 1.70. The number of carboxylic acid groups (broad SMARTS) is 1. The van der Waals surface area contributed by atoms with E-state index in [0.717, 1.165) is 36.8 Å². The summed E-state index contributed by atoms with van der Waals surface area (Å²) in [6, 6.07) is 0. The molecule has 160 valence electrons. The minimum Gasteiger partial charge on any atom is -0.659 e. The SMILES string of the molecule is C#C.CC.CC1(C)CC=C(/C(=C/C[N-]CC2CCCCC2)SCC(=O)O)CC1.[K+]. The Hall–Kier alpha value is 0.456. The van der Waals surface area contributed by atoms with Crippen LogP contribution in [0.15, 0.2) is 22.6 Å². The van der Waals surface area contributed by atoms with Gasteiger partial charge in [0.15, 0.2) is 0 Å². The van der Waals surface area contributed by atoms with E-state index in [2.05, 4.69) is 38.8 Å². The second-order valence-corrected chi connectivity index (χ2v) is 8.96. The molecule has 0 heterocycles. The number of rotatable bonds is 8. The molecule has 3 nitrogen and oxygen atoms in total. The number of terminal acetylenes is 1. The zero-order valence-electron chi connectivity index (χ0n) is 19.4. The average Bonchev–Trinajstić information content (AvgIpc) is 2.71. The number of carboxylic acids is 1. The molecule has 0 radical (unpaired) electrons. The minimum atomic E-state index is -0.748. The van der Waals surface area contributed by atoms with Gasteiger partial charge >= 0.3 is 57.4 Å². The molecule has 0 saturated heterocycles. The van der Waals surface area contributed by atoms with Crippen LogP contribution in [-0.2, 0) is 4.79 Å². The fraction of sp³-hybridized carbons (Fsp3) is 0.708. The van der Waals surface area contributed by atoms with Crippen molar-refractivity contribution in [3.8, 4) is 12.8 Å². The number of carbonyl (C=O) groups is 1. The maximum absolute atomic E-state index is 10.9. The van der Waals surface area contributed by atoms with Gasteiger partial charge in [-0.1, -0.05) is 77.9 Å². The third kappa shape index (κ3) is 15.0. The molecule has 0 amide bonds. The van der Waals surface area contributed by atoms with Crippen LogP contribution in [0.5, 0.6) is 0 Å². The average molecular weight is 446 g/mol. The molecular formula is C24H40KNO2S. The summed E-state index contributed by atoms with van der Waals surface area (Å²) in [5, 5.41) is 13.7. The first kappa shape index (κ1) is 31.6. The maximum Gasteiger partial charge on any atom is 1.00 e. The van der Waals surface area contributed by atoms with Gasteiger partial charge in [-0.2, -0.15) is 0 Å². The molecule has 2 rings (SSSR count). The Balaban J connectivity index is 0. The number of thioether (sulfide) groups is 1. The molecule has 0 aromatic rings. The van der Waals surface area contributed by atoms with Gasteiger partial charge in [0, 0.05) is 4.91 Å². The van der Waals surface area contributed by atoms with Crippen molar-refractivity contribution in [3.63, 3.8) is 0 Å². The second-order valence-electron chi connectivity index (χ2n) is 7.94. The summed E-state index contributed by atoms with van der Waals surface area (Å²) in [6.45, 7) is 10.3. The van der Waals surface area contributed by atoms with E-state index < -0.39 is 5.97 Å². The van der Waals surface area contributed by atoms with Gasteiger partial charge in [-0.25, -0.2) is 0 Å². The zero-order valence-corrected chi connectivity index (χ0v) is 23.3. The van der Waals surface area contributed by atoms with Crippen molar-refractivity contribution >= 4 is 17.7 Å². The Morgan fingerprint density at radius 1 is 1.28 bits per heavy atom. The van der Waals surface area contributed by atoms with Crippen LogP contribution in [0.4, 0.5) is 0 Å². The third-order valence-electron chi connectivity index (χ3n) is 5.16. The van der Waals surface area contributed by atoms with Gasteiger partial charge in [0.2, 0.25) is 0 Å². The third-order valence-corrected chi connectivity index (χ3v) is 6.29. The molecular weight excluding hydrogens is 405 g/mol. The van der Waals surface area contributed by atoms with E-state index in [4.69, 9.17) is 10.4 Å². The predicted octanol–water partition coefficient (Wildman–Crippen LogP) is 4.06. The Morgan fingerprint density at radius 2 is 1.90 bits per heavy atom. The monoisotopic (exact) mass is 445 g/mol. The molecule has 2 aliphatic carbocycles. The fourth-order valence-corrected chi connectivity index (χ4v) is 4.34. The van der Waals surface area contributed by atoms with Gasteiger partial charge in [-0.3, -0.25) is 4.79 Å². The molecule has 29 heavy (non-hydrogen) atoms. The Labute approximate surface area is 226 Å². The quantitative estimate of drug-likeness (QED) is 0.348. The summed E-state index contributed by atoms with van der Waals surface area (Å²) in [5.74, 6) is 0.161. The van der Waals surface area contributed by atoms with Crippen molar-refractivity contribution in [2.24, 2.45) is 11.3 Å². The summed E-state index contributed by atoms with van der Waals surface area (Å²) in [7, 11) is 0. The van der Waals surface area contributed by atoms with Crippen molar-refractivity contribution in [1.29, 1.82) is 0 Å². The predicted molar refractivity (Wildman–Crippen MR) is 125 cm³/mol. The molecule has 0 aromatic heterocycles. The largest absolute Gasteiger partial charge is 1.00 e. The smallest absolute Gasteiger partial charge is 0.659 e. The molecule has 1 N–H and O–H groups in total. The van der Waals surface area contributed by atoms with Crippen LogP contribution in [0, 0.1) is 24.2 Å². The van der Waals surface area contributed by atoms with E-state index in [1.54, 1.807) is 0 Å². The van der Waals surface area contributed by atoms with Crippen LogP contribution in [0.1, 0.15) is 79.1 Å². The number of hydrogen-bond donors (Lipinski definition) is 1. The molecule has 0 aromatic carbocycles. The molecule has 0 unspecified atom stereocenters. The van der Waals surface area contributed by atoms with E-state index in [9.17, 15) is 4.79 Å². The Morgan fingerprint density at radius 3 is 2.41 bits per heavy atom. The van der Waals surface area contributed by atoms with Crippen molar-refractivity contribution < 1.29 is 61.3 Å². The molecule has 0 bridgehead atoms. The first-order valence-electron chi connectivity index (χ1n) is 10.7. The first-order chi connectivity index (χ1) is 13.5. The van der Waals surface area contributed by atoms with Crippen LogP contribution >= 0.6 is 11.8 Å². The molecule has 5 heteroatoms. The summed E-state index contributed by atoms with van der Waals surface area (Å²) in [4.78, 5) is 12.1. The van der Waals surface area contributed by atoms with Crippen molar-refractivity contribution in [2.45, 2.75) is 79.1 Å². The van der Waals surface area contributed by atoms with Crippen molar-refractivity contribution in [1.82, 2.24) is 0 Å². The maximum atomic E-state index is 10.9. The number of nitrogens with zero attached hydrogens (tertiary/aromatic N) is 1. The van der Waals surface area contributed by atoms with Gasteiger partial charge in [0.1, 0.15) is 0 Å². The van der Waals surface area contributed by atoms with Gasteiger partial charge in [-0.15, -0.1) is 37.7 Å². The molecule has 2 aliphatic rings. The minimum absolute atomic E-state index is 0. The van der Waals surface area contributed by atoms with Crippen molar-refractivity contribution in [3.05, 3.63) is 27.9 Å². The first-order valence-corrected chi connectivity index (χ1v) is 11.7. The van der Waals surface area contributed by atoms with E-state index in [-0.39, 0.29) is 57.1 Å². The Kier molecular flexibility index (Phi) is 20.9. The topological polar surface area (TPSA) is 51.4 Å². The van der Waals surface area contributed by atoms with E-state index in [1.165, 1.54) is 55.9 Å². The molecule has 1 saturated carbocycles. The second kappa shape index (κ2) is 19.2. The van der Waals surface area contributed by atoms with Crippen LogP contribution in [0.3, 0.4) is 0 Å².